The van der Waals surface area contributed by atoms with Crippen LogP contribution in [0, 0.1) is 6.92 Å². The minimum absolute atomic E-state index is 0.114. The Labute approximate surface area is 129 Å². The molecular formula is C16H21N3OS. The number of hydrogen-bond donors (Lipinski definition) is 1. The van der Waals surface area contributed by atoms with Crippen molar-refractivity contribution in [2.24, 2.45) is 0 Å². The summed E-state index contributed by atoms with van der Waals surface area (Å²) in [4.78, 5) is 16.9. The minimum atomic E-state index is 0.114. The number of thiophene rings is 1. The largest absolute Gasteiger partial charge is 0.329 e. The highest BCUT2D eigenvalue weighted by atomic mass is 32.1. The molecule has 1 saturated heterocycles. The number of hydrogen-bond acceptors (Lipinski definition) is 3. The van der Waals surface area contributed by atoms with Crippen LogP contribution >= 0.6 is 11.3 Å². The standard InChI is InChI=1S/C16H21N3OS/c1-3-12-7-8-15(21-12)16(20)19-9-5-4-6-14(19)13-10-11(2)17-18-13/h7-8,10,14H,3-6,9H2,1-2H3,(H,17,18). The Morgan fingerprint density at radius 3 is 3.00 bits per heavy atom. The Morgan fingerprint density at radius 1 is 1.48 bits per heavy atom. The van der Waals surface area contributed by atoms with Crippen molar-refractivity contribution in [2.75, 3.05) is 6.54 Å². The number of H-pyrrole nitrogens is 1. The van der Waals surface area contributed by atoms with E-state index in [9.17, 15) is 4.79 Å². The molecule has 0 spiro atoms. The van der Waals surface area contributed by atoms with Crippen LogP contribution in [-0.4, -0.2) is 27.5 Å². The van der Waals surface area contributed by atoms with Gasteiger partial charge in [-0.15, -0.1) is 11.3 Å². The molecule has 21 heavy (non-hydrogen) atoms. The third-order valence-electron chi connectivity index (χ3n) is 4.05. The third-order valence-corrected chi connectivity index (χ3v) is 5.27. The summed E-state index contributed by atoms with van der Waals surface area (Å²) in [6, 6.07) is 6.20. The number of aromatic amines is 1. The summed E-state index contributed by atoms with van der Waals surface area (Å²) < 4.78 is 0. The van der Waals surface area contributed by atoms with Gasteiger partial charge in [0.15, 0.2) is 0 Å². The molecule has 1 atom stereocenters. The summed E-state index contributed by atoms with van der Waals surface area (Å²) in [6.45, 7) is 4.95. The SMILES string of the molecule is CCc1ccc(C(=O)N2CCCCC2c2cc(C)[nH]n2)s1. The number of nitrogens with zero attached hydrogens (tertiary/aromatic N) is 2. The lowest BCUT2D eigenvalue weighted by Gasteiger charge is -2.34. The van der Waals surface area contributed by atoms with Crippen LogP contribution in [0.25, 0.3) is 0 Å². The monoisotopic (exact) mass is 303 g/mol. The maximum atomic E-state index is 12.8. The van der Waals surface area contributed by atoms with Gasteiger partial charge in [-0.2, -0.15) is 5.10 Å². The van der Waals surface area contributed by atoms with E-state index in [1.165, 1.54) is 4.88 Å². The van der Waals surface area contributed by atoms with Crippen LogP contribution in [0.15, 0.2) is 18.2 Å². The van der Waals surface area contributed by atoms with Gasteiger partial charge in [-0.25, -0.2) is 0 Å². The van der Waals surface area contributed by atoms with Crippen LogP contribution in [0.5, 0.6) is 0 Å². The Hall–Kier alpha value is -1.62. The van der Waals surface area contributed by atoms with Crippen molar-refractivity contribution in [3.8, 4) is 0 Å². The van der Waals surface area contributed by atoms with Crippen LogP contribution < -0.4 is 0 Å². The zero-order valence-corrected chi connectivity index (χ0v) is 13.4. The van der Waals surface area contributed by atoms with E-state index in [2.05, 4.69) is 29.3 Å². The molecule has 1 aliphatic rings. The molecule has 3 rings (SSSR count). The van der Waals surface area contributed by atoms with E-state index < -0.39 is 0 Å². The van der Waals surface area contributed by atoms with Gasteiger partial charge >= 0.3 is 0 Å². The molecule has 1 fully saturated rings. The van der Waals surface area contributed by atoms with Crippen molar-refractivity contribution >= 4 is 17.2 Å². The first-order chi connectivity index (χ1) is 10.2. The molecule has 0 bridgehead atoms. The Balaban J connectivity index is 1.85. The van der Waals surface area contributed by atoms with Gasteiger partial charge in [0.2, 0.25) is 0 Å². The number of rotatable bonds is 3. The smallest absolute Gasteiger partial charge is 0.264 e. The fourth-order valence-corrected chi connectivity index (χ4v) is 3.82. The van der Waals surface area contributed by atoms with Gasteiger partial charge < -0.3 is 4.90 Å². The highest BCUT2D eigenvalue weighted by molar-refractivity contribution is 7.14. The molecule has 2 aromatic rings. The van der Waals surface area contributed by atoms with Crippen LogP contribution in [0.2, 0.25) is 0 Å². The average molecular weight is 303 g/mol. The van der Waals surface area contributed by atoms with Gasteiger partial charge in [0.1, 0.15) is 0 Å². The van der Waals surface area contributed by atoms with E-state index in [4.69, 9.17) is 0 Å². The Kier molecular flexibility index (Phi) is 4.10. The topological polar surface area (TPSA) is 49.0 Å². The predicted octanol–water partition coefficient (Wildman–Crippen LogP) is 3.71. The van der Waals surface area contributed by atoms with E-state index in [0.29, 0.717) is 0 Å². The molecule has 1 unspecified atom stereocenters. The predicted molar refractivity (Wildman–Crippen MR) is 84.7 cm³/mol. The lowest BCUT2D eigenvalue weighted by Crippen LogP contribution is -2.38. The molecule has 1 amide bonds. The van der Waals surface area contributed by atoms with Crippen molar-refractivity contribution in [1.29, 1.82) is 0 Å². The summed E-state index contributed by atoms with van der Waals surface area (Å²) in [7, 11) is 0. The van der Waals surface area contributed by atoms with E-state index in [0.717, 1.165) is 48.5 Å². The van der Waals surface area contributed by atoms with Gasteiger partial charge in [0, 0.05) is 17.1 Å². The maximum absolute atomic E-state index is 12.8. The summed E-state index contributed by atoms with van der Waals surface area (Å²) in [5, 5.41) is 7.36. The lowest BCUT2D eigenvalue weighted by atomic mass is 9.99. The van der Waals surface area contributed by atoms with E-state index in [-0.39, 0.29) is 11.9 Å². The molecule has 4 nitrogen and oxygen atoms in total. The third kappa shape index (κ3) is 2.88. The van der Waals surface area contributed by atoms with Crippen molar-refractivity contribution in [2.45, 2.75) is 45.6 Å². The number of aryl methyl sites for hydroxylation is 2. The normalized spacial score (nSPS) is 19.0. The molecule has 0 aliphatic carbocycles. The second kappa shape index (κ2) is 6.02. The van der Waals surface area contributed by atoms with Crippen LogP contribution in [0.3, 0.4) is 0 Å². The summed E-state index contributed by atoms with van der Waals surface area (Å²) in [5.41, 5.74) is 2.04. The zero-order chi connectivity index (χ0) is 14.8. The first kappa shape index (κ1) is 14.3. The summed E-state index contributed by atoms with van der Waals surface area (Å²) >= 11 is 1.62. The summed E-state index contributed by atoms with van der Waals surface area (Å²) in [6.07, 6.45) is 4.23. The first-order valence-electron chi connectivity index (χ1n) is 7.60. The van der Waals surface area contributed by atoms with Crippen molar-refractivity contribution < 1.29 is 4.79 Å². The number of aromatic nitrogens is 2. The quantitative estimate of drug-likeness (QED) is 0.939. The van der Waals surface area contributed by atoms with E-state index >= 15 is 0 Å². The molecule has 0 radical (unpaired) electrons. The molecule has 0 aromatic carbocycles. The number of amides is 1. The van der Waals surface area contributed by atoms with Gasteiger partial charge in [0.25, 0.3) is 5.91 Å². The lowest BCUT2D eigenvalue weighted by molar-refractivity contribution is 0.0611. The number of carbonyl (C=O) groups is 1. The van der Waals surface area contributed by atoms with E-state index in [1.807, 2.05) is 17.9 Å². The molecule has 0 saturated carbocycles. The number of nitrogens with one attached hydrogen (secondary N) is 1. The fourth-order valence-electron chi connectivity index (χ4n) is 2.92. The number of piperidine rings is 1. The van der Waals surface area contributed by atoms with E-state index in [1.54, 1.807) is 11.3 Å². The van der Waals surface area contributed by atoms with Crippen LogP contribution in [0.4, 0.5) is 0 Å². The molecule has 1 N–H and O–H groups in total. The number of likely N-dealkylation sites (tertiary alicyclic amines) is 1. The van der Waals surface area contributed by atoms with Crippen molar-refractivity contribution in [3.63, 3.8) is 0 Å². The molecule has 112 valence electrons. The van der Waals surface area contributed by atoms with Gasteiger partial charge in [-0.3, -0.25) is 9.89 Å². The minimum Gasteiger partial charge on any atom is -0.329 e. The highest BCUT2D eigenvalue weighted by Crippen LogP contribution is 2.32. The fraction of sp³-hybridized carbons (Fsp3) is 0.500. The second-order valence-electron chi connectivity index (χ2n) is 5.61. The zero-order valence-electron chi connectivity index (χ0n) is 12.6. The average Bonchev–Trinajstić information content (AvgIpc) is 3.15. The van der Waals surface area contributed by atoms with Crippen molar-refractivity contribution in [1.82, 2.24) is 15.1 Å². The molecule has 5 heteroatoms. The molecule has 3 heterocycles. The summed E-state index contributed by atoms with van der Waals surface area (Å²) in [5.74, 6) is 0.157. The molecular weight excluding hydrogens is 282 g/mol. The van der Waals surface area contributed by atoms with Crippen LogP contribution in [0.1, 0.15) is 58.2 Å². The van der Waals surface area contributed by atoms with Crippen LogP contribution in [-0.2, 0) is 6.42 Å². The van der Waals surface area contributed by atoms with Gasteiger partial charge in [0.05, 0.1) is 16.6 Å². The Bertz CT molecular complexity index is 631. The van der Waals surface area contributed by atoms with Gasteiger partial charge in [-0.05, 0) is 50.8 Å². The van der Waals surface area contributed by atoms with Gasteiger partial charge in [-0.1, -0.05) is 6.92 Å². The molecule has 1 aliphatic heterocycles. The molecule has 2 aromatic heterocycles. The van der Waals surface area contributed by atoms with Crippen molar-refractivity contribution in [3.05, 3.63) is 39.3 Å². The highest BCUT2D eigenvalue weighted by Gasteiger charge is 2.30. The number of carbonyl (C=O) groups excluding carboxylic acids is 1. The Morgan fingerprint density at radius 2 is 2.33 bits per heavy atom. The first-order valence-corrected chi connectivity index (χ1v) is 8.42. The second-order valence-corrected chi connectivity index (χ2v) is 6.77. The maximum Gasteiger partial charge on any atom is 0.264 e.